The van der Waals surface area contributed by atoms with E-state index < -0.39 is 12.1 Å². The molecule has 2 aromatic rings. The Morgan fingerprint density at radius 2 is 1.65 bits per heavy atom. The van der Waals surface area contributed by atoms with E-state index in [0.29, 0.717) is 17.9 Å². The van der Waals surface area contributed by atoms with Gasteiger partial charge in [0.2, 0.25) is 0 Å². The molecule has 0 unspecified atom stereocenters. The van der Waals surface area contributed by atoms with Crippen LogP contribution in [-0.4, -0.2) is 24.1 Å². The first-order valence-corrected chi connectivity index (χ1v) is 8.79. The summed E-state index contributed by atoms with van der Waals surface area (Å²) >= 11 is 0. The van der Waals surface area contributed by atoms with E-state index >= 15 is 0 Å². The summed E-state index contributed by atoms with van der Waals surface area (Å²) in [7, 11) is 0. The third kappa shape index (κ3) is 5.92. The number of benzene rings is 2. The zero-order chi connectivity index (χ0) is 18.9. The molecule has 0 bridgehead atoms. The maximum absolute atomic E-state index is 12.2. The highest BCUT2D eigenvalue weighted by atomic mass is 16.6. The van der Waals surface area contributed by atoms with Crippen LogP contribution in [0.1, 0.15) is 43.1 Å². The first-order valence-electron chi connectivity index (χ1n) is 8.79. The number of carbonyl (C=O) groups excluding carboxylic acids is 2. The van der Waals surface area contributed by atoms with Gasteiger partial charge in [-0.3, -0.25) is 4.79 Å². The summed E-state index contributed by atoms with van der Waals surface area (Å²) in [6.07, 6.45) is -0.0865. The van der Waals surface area contributed by atoms with Crippen molar-refractivity contribution in [1.29, 1.82) is 0 Å². The van der Waals surface area contributed by atoms with Gasteiger partial charge in [0.25, 0.3) is 5.91 Å². The van der Waals surface area contributed by atoms with Crippen LogP contribution < -0.4 is 10.1 Å². The number of amides is 1. The molecule has 0 aliphatic carbocycles. The maximum Gasteiger partial charge on any atom is 0.347 e. The van der Waals surface area contributed by atoms with Crippen molar-refractivity contribution >= 4 is 11.9 Å². The molecular weight excluding hydrogens is 330 g/mol. The number of rotatable bonds is 8. The van der Waals surface area contributed by atoms with Gasteiger partial charge in [-0.25, -0.2) is 4.79 Å². The van der Waals surface area contributed by atoms with Crippen molar-refractivity contribution in [3.05, 3.63) is 65.7 Å². The minimum atomic E-state index is -0.707. The third-order valence-corrected chi connectivity index (χ3v) is 3.95. The fourth-order valence-electron chi connectivity index (χ4n) is 2.19. The summed E-state index contributed by atoms with van der Waals surface area (Å²) in [5.74, 6) is -0.0492. The molecule has 1 N–H and O–H groups in total. The zero-order valence-corrected chi connectivity index (χ0v) is 15.4. The zero-order valence-electron chi connectivity index (χ0n) is 15.4. The highest BCUT2D eigenvalue weighted by Gasteiger charge is 2.18. The molecule has 0 aliphatic rings. The summed E-state index contributed by atoms with van der Waals surface area (Å²) in [6, 6.07) is 16.4. The average molecular weight is 355 g/mol. The van der Waals surface area contributed by atoms with E-state index in [1.165, 1.54) is 0 Å². The topological polar surface area (TPSA) is 64.6 Å². The average Bonchev–Trinajstić information content (AvgIpc) is 2.67. The normalized spacial score (nSPS) is 12.7. The fourth-order valence-corrected chi connectivity index (χ4v) is 2.19. The van der Waals surface area contributed by atoms with Gasteiger partial charge in [-0.15, -0.1) is 0 Å². The van der Waals surface area contributed by atoms with E-state index in [1.54, 1.807) is 31.2 Å². The molecule has 1 amide bonds. The Balaban J connectivity index is 1.87. The van der Waals surface area contributed by atoms with Crippen LogP contribution in [0.25, 0.3) is 0 Å². The number of esters is 1. The lowest BCUT2D eigenvalue weighted by Gasteiger charge is -2.17. The van der Waals surface area contributed by atoms with Crippen LogP contribution >= 0.6 is 0 Å². The largest absolute Gasteiger partial charge is 0.479 e. The van der Waals surface area contributed by atoms with Gasteiger partial charge in [-0.05, 0) is 50.1 Å². The van der Waals surface area contributed by atoms with Gasteiger partial charge in [0.15, 0.2) is 6.10 Å². The Morgan fingerprint density at radius 1 is 1.00 bits per heavy atom. The second-order valence-corrected chi connectivity index (χ2v) is 6.11. The van der Waals surface area contributed by atoms with E-state index in [9.17, 15) is 9.59 Å². The van der Waals surface area contributed by atoms with Gasteiger partial charge < -0.3 is 14.8 Å². The highest BCUT2D eigenvalue weighted by Crippen LogP contribution is 2.15. The molecule has 0 fully saturated rings. The van der Waals surface area contributed by atoms with Crippen LogP contribution in [0.2, 0.25) is 0 Å². The fraction of sp³-hybridized carbons (Fsp3) is 0.333. The standard InChI is InChI=1S/C21H25NO4/c1-4-15(2)25-21(24)16(3)26-19-12-10-18(11-13-19)20(23)22-14-17-8-6-5-7-9-17/h5-13,15-16H,4,14H2,1-3H3,(H,22,23)/t15-,16-/m1/s1. The first-order chi connectivity index (χ1) is 12.5. The van der Waals surface area contributed by atoms with E-state index in [4.69, 9.17) is 9.47 Å². The molecule has 2 aromatic carbocycles. The number of hydrogen-bond donors (Lipinski definition) is 1. The SMILES string of the molecule is CC[C@@H](C)OC(=O)[C@@H](C)Oc1ccc(C(=O)NCc2ccccc2)cc1. The van der Waals surface area contributed by atoms with Crippen molar-refractivity contribution in [2.24, 2.45) is 0 Å². The van der Waals surface area contributed by atoms with Crippen molar-refractivity contribution in [3.8, 4) is 5.75 Å². The number of ether oxygens (including phenoxy) is 2. The highest BCUT2D eigenvalue weighted by molar-refractivity contribution is 5.94. The van der Waals surface area contributed by atoms with Crippen LogP contribution in [-0.2, 0) is 16.1 Å². The summed E-state index contributed by atoms with van der Waals surface area (Å²) < 4.78 is 10.8. The van der Waals surface area contributed by atoms with Gasteiger partial charge >= 0.3 is 5.97 Å². The predicted octanol–water partition coefficient (Wildman–Crippen LogP) is 3.73. The number of hydrogen-bond acceptors (Lipinski definition) is 4. The Hall–Kier alpha value is -2.82. The predicted molar refractivity (Wildman–Crippen MR) is 100.0 cm³/mol. The van der Waals surface area contributed by atoms with Gasteiger partial charge in [0.05, 0.1) is 6.10 Å². The number of carbonyl (C=O) groups is 2. The van der Waals surface area contributed by atoms with Crippen molar-refractivity contribution in [2.45, 2.75) is 45.9 Å². The lowest BCUT2D eigenvalue weighted by atomic mass is 10.2. The van der Waals surface area contributed by atoms with Crippen LogP contribution in [0.3, 0.4) is 0 Å². The van der Waals surface area contributed by atoms with E-state index in [0.717, 1.165) is 12.0 Å². The van der Waals surface area contributed by atoms with Crippen molar-refractivity contribution in [1.82, 2.24) is 5.32 Å². The minimum Gasteiger partial charge on any atom is -0.479 e. The van der Waals surface area contributed by atoms with E-state index in [1.807, 2.05) is 44.2 Å². The second-order valence-electron chi connectivity index (χ2n) is 6.11. The molecule has 0 aliphatic heterocycles. The van der Waals surface area contributed by atoms with Crippen LogP contribution in [0, 0.1) is 0 Å². The summed E-state index contributed by atoms with van der Waals surface area (Å²) in [4.78, 5) is 24.1. The molecule has 0 heterocycles. The van der Waals surface area contributed by atoms with E-state index in [-0.39, 0.29) is 12.0 Å². The Morgan fingerprint density at radius 3 is 2.27 bits per heavy atom. The molecule has 26 heavy (non-hydrogen) atoms. The van der Waals surface area contributed by atoms with Crippen LogP contribution in [0.4, 0.5) is 0 Å². The van der Waals surface area contributed by atoms with Crippen molar-refractivity contribution < 1.29 is 19.1 Å². The summed E-state index contributed by atoms with van der Waals surface area (Å²) in [5, 5.41) is 2.87. The molecule has 0 saturated carbocycles. The Kier molecular flexibility index (Phi) is 7.21. The third-order valence-electron chi connectivity index (χ3n) is 3.95. The molecular formula is C21H25NO4. The first kappa shape index (κ1) is 19.5. The molecule has 0 spiro atoms. The lowest BCUT2D eigenvalue weighted by molar-refractivity contribution is -0.155. The molecule has 5 heteroatoms. The molecule has 2 atom stereocenters. The summed E-state index contributed by atoms with van der Waals surface area (Å²) in [5.41, 5.74) is 1.57. The maximum atomic E-state index is 12.2. The molecule has 0 aromatic heterocycles. The van der Waals surface area contributed by atoms with Gasteiger partial charge in [0.1, 0.15) is 5.75 Å². The van der Waals surface area contributed by atoms with Gasteiger partial charge in [-0.2, -0.15) is 0 Å². The van der Waals surface area contributed by atoms with E-state index in [2.05, 4.69) is 5.32 Å². The Labute approximate surface area is 154 Å². The van der Waals surface area contributed by atoms with Gasteiger partial charge in [0, 0.05) is 12.1 Å². The number of nitrogens with one attached hydrogen (secondary N) is 1. The monoisotopic (exact) mass is 355 g/mol. The molecule has 0 radical (unpaired) electrons. The minimum absolute atomic E-state index is 0.135. The molecule has 138 valence electrons. The van der Waals surface area contributed by atoms with Crippen molar-refractivity contribution in [2.75, 3.05) is 0 Å². The smallest absolute Gasteiger partial charge is 0.347 e. The van der Waals surface area contributed by atoms with Crippen LogP contribution in [0.5, 0.6) is 5.75 Å². The molecule has 0 saturated heterocycles. The summed E-state index contributed by atoms with van der Waals surface area (Å²) in [6.45, 7) is 5.90. The second kappa shape index (κ2) is 9.61. The van der Waals surface area contributed by atoms with Crippen LogP contribution in [0.15, 0.2) is 54.6 Å². The van der Waals surface area contributed by atoms with Crippen molar-refractivity contribution in [3.63, 3.8) is 0 Å². The Bertz CT molecular complexity index is 713. The van der Waals surface area contributed by atoms with Gasteiger partial charge in [-0.1, -0.05) is 37.3 Å². The molecule has 2 rings (SSSR count). The molecule has 5 nitrogen and oxygen atoms in total. The quantitative estimate of drug-likeness (QED) is 0.733. The lowest BCUT2D eigenvalue weighted by Crippen LogP contribution is -2.29.